The molecule has 0 aliphatic carbocycles. The van der Waals surface area contributed by atoms with Crippen molar-refractivity contribution in [2.75, 3.05) is 28.9 Å². The van der Waals surface area contributed by atoms with Crippen LogP contribution < -0.4 is 20.1 Å². The summed E-state index contributed by atoms with van der Waals surface area (Å²) in [6, 6.07) is 12.0. The van der Waals surface area contributed by atoms with Crippen molar-refractivity contribution in [2.24, 2.45) is 11.8 Å². The van der Waals surface area contributed by atoms with E-state index in [-0.39, 0.29) is 23.4 Å². The van der Waals surface area contributed by atoms with E-state index in [0.29, 0.717) is 45.5 Å². The molecule has 11 heteroatoms. The molecule has 0 unspecified atom stereocenters. The number of anilines is 2. The second-order valence-corrected chi connectivity index (χ2v) is 12.8. The number of piperidine rings is 1. The highest BCUT2D eigenvalue weighted by Gasteiger charge is 2.22. The fraction of sp³-hybridized carbons (Fsp3) is 0.367. The van der Waals surface area contributed by atoms with Crippen molar-refractivity contribution in [3.05, 3.63) is 66.2 Å². The molecule has 216 valence electrons. The van der Waals surface area contributed by atoms with E-state index in [1.807, 2.05) is 13.0 Å². The maximum atomic E-state index is 15.0. The van der Waals surface area contributed by atoms with Crippen LogP contribution in [0, 0.1) is 24.6 Å². The maximum absolute atomic E-state index is 15.0. The van der Waals surface area contributed by atoms with Crippen molar-refractivity contribution >= 4 is 32.4 Å². The van der Waals surface area contributed by atoms with Crippen LogP contribution in [0.5, 0.6) is 11.6 Å². The Hall–Kier alpha value is -3.83. The number of pyridine rings is 1. The highest BCUT2D eigenvalue weighted by Crippen LogP contribution is 2.39. The normalized spacial score (nSPS) is 17.5. The Morgan fingerprint density at radius 2 is 1.88 bits per heavy atom. The summed E-state index contributed by atoms with van der Waals surface area (Å²) < 4.78 is 49.2. The lowest BCUT2D eigenvalue weighted by atomic mass is 9.98. The summed E-state index contributed by atoms with van der Waals surface area (Å²) in [5.41, 5.74) is 1.96. The summed E-state index contributed by atoms with van der Waals surface area (Å²) >= 11 is 0. The molecule has 3 N–H and O–H groups in total. The highest BCUT2D eigenvalue weighted by molar-refractivity contribution is 7.92. The molecule has 4 aromatic rings. The molecule has 0 amide bonds. The summed E-state index contributed by atoms with van der Waals surface area (Å²) in [5, 5.41) is 7.79. The largest absolute Gasteiger partial charge is 0.437 e. The average Bonchev–Trinajstić information content (AvgIpc) is 2.91. The van der Waals surface area contributed by atoms with Crippen molar-refractivity contribution in [3.8, 4) is 22.9 Å². The second-order valence-electron chi connectivity index (χ2n) is 11.1. The SMILES string of the molecule is Cc1ccc2c(NS(=O)(=O)CC(C)C)c(F)ccc2c1Oc1ncccc1-c1ccnc(N[C@@H]2CNC[C@H](C)C2)n1. The summed E-state index contributed by atoms with van der Waals surface area (Å²) in [5.74, 6) is 0.936. The lowest BCUT2D eigenvalue weighted by molar-refractivity contribution is 0.377. The first-order valence-electron chi connectivity index (χ1n) is 13.8. The van der Waals surface area contributed by atoms with E-state index in [9.17, 15) is 12.8 Å². The van der Waals surface area contributed by atoms with Gasteiger partial charge in [0.05, 0.1) is 22.7 Å². The molecule has 0 radical (unpaired) electrons. The second kappa shape index (κ2) is 12.0. The zero-order valence-electron chi connectivity index (χ0n) is 23.6. The first-order valence-corrected chi connectivity index (χ1v) is 15.4. The van der Waals surface area contributed by atoms with Crippen LogP contribution in [0.3, 0.4) is 0 Å². The van der Waals surface area contributed by atoms with Gasteiger partial charge < -0.3 is 15.4 Å². The van der Waals surface area contributed by atoms with Gasteiger partial charge in [0.1, 0.15) is 11.6 Å². The van der Waals surface area contributed by atoms with Gasteiger partial charge in [-0.2, -0.15) is 0 Å². The van der Waals surface area contributed by atoms with Crippen molar-refractivity contribution in [3.63, 3.8) is 0 Å². The molecule has 5 rings (SSSR count). The lowest BCUT2D eigenvalue weighted by Gasteiger charge is -2.28. The molecule has 3 heterocycles. The quantitative estimate of drug-likeness (QED) is 0.230. The Labute approximate surface area is 240 Å². The van der Waals surface area contributed by atoms with Crippen LogP contribution in [0.1, 0.15) is 32.8 Å². The number of aryl methyl sites for hydroxylation is 1. The number of aromatic nitrogens is 3. The third-order valence-corrected chi connectivity index (χ3v) is 8.53. The number of ether oxygens (including phenoxy) is 1. The fourth-order valence-corrected chi connectivity index (χ4v) is 6.61. The minimum Gasteiger partial charge on any atom is -0.437 e. The number of hydrogen-bond donors (Lipinski definition) is 3. The number of fused-ring (bicyclic) bond motifs is 1. The summed E-state index contributed by atoms with van der Waals surface area (Å²) in [4.78, 5) is 13.6. The molecule has 2 atom stereocenters. The van der Waals surface area contributed by atoms with Crippen LogP contribution in [0.4, 0.5) is 16.0 Å². The zero-order chi connectivity index (χ0) is 29.1. The van der Waals surface area contributed by atoms with E-state index >= 15 is 0 Å². The van der Waals surface area contributed by atoms with E-state index < -0.39 is 15.8 Å². The van der Waals surface area contributed by atoms with Gasteiger partial charge >= 0.3 is 0 Å². The summed E-state index contributed by atoms with van der Waals surface area (Å²) in [6.07, 6.45) is 4.35. The first-order chi connectivity index (χ1) is 19.6. The number of nitrogens with one attached hydrogen (secondary N) is 3. The van der Waals surface area contributed by atoms with Crippen LogP contribution in [0.25, 0.3) is 22.0 Å². The Morgan fingerprint density at radius 1 is 1.07 bits per heavy atom. The number of hydrogen-bond acceptors (Lipinski definition) is 8. The molecule has 41 heavy (non-hydrogen) atoms. The van der Waals surface area contributed by atoms with Gasteiger partial charge in [0.25, 0.3) is 0 Å². The minimum atomic E-state index is -3.76. The standard InChI is InChI=1S/C30H35FN6O3S/c1-18(2)17-41(38,39)37-27-22-8-7-20(4)28(23(22)9-10-25(27)31)40-29-24(6-5-12-33-29)26-11-13-34-30(36-26)35-21-14-19(3)15-32-16-21/h5-13,18-19,21,32,37H,14-17H2,1-4H3,(H,34,35,36)/t19-,21+/m1/s1. The predicted molar refractivity (Wildman–Crippen MR) is 160 cm³/mol. The molecular weight excluding hydrogens is 543 g/mol. The third kappa shape index (κ3) is 6.74. The van der Waals surface area contributed by atoms with Crippen molar-refractivity contribution in [1.82, 2.24) is 20.3 Å². The zero-order valence-corrected chi connectivity index (χ0v) is 24.4. The van der Waals surface area contributed by atoms with E-state index in [4.69, 9.17) is 9.72 Å². The molecule has 1 aliphatic heterocycles. The van der Waals surface area contributed by atoms with Gasteiger partial charge in [0.15, 0.2) is 0 Å². The number of rotatable bonds is 9. The summed E-state index contributed by atoms with van der Waals surface area (Å²) in [6.45, 7) is 9.52. The molecule has 1 saturated heterocycles. The molecule has 2 aromatic heterocycles. The third-order valence-electron chi connectivity index (χ3n) is 6.91. The topological polar surface area (TPSA) is 118 Å². The molecule has 0 bridgehead atoms. The van der Waals surface area contributed by atoms with Crippen LogP contribution in [-0.2, 0) is 10.0 Å². The number of halogens is 1. The van der Waals surface area contributed by atoms with Gasteiger partial charge in [-0.15, -0.1) is 0 Å². The monoisotopic (exact) mass is 578 g/mol. The van der Waals surface area contributed by atoms with Gasteiger partial charge in [0, 0.05) is 35.8 Å². The maximum Gasteiger partial charge on any atom is 0.233 e. The van der Waals surface area contributed by atoms with Crippen molar-refractivity contribution in [1.29, 1.82) is 0 Å². The van der Waals surface area contributed by atoms with Crippen LogP contribution >= 0.6 is 0 Å². The Bertz CT molecular complexity index is 1660. The predicted octanol–water partition coefficient (Wildman–Crippen LogP) is 5.74. The lowest BCUT2D eigenvalue weighted by Crippen LogP contribution is -2.42. The van der Waals surface area contributed by atoms with E-state index in [1.54, 1.807) is 56.6 Å². The average molecular weight is 579 g/mol. The highest BCUT2D eigenvalue weighted by atomic mass is 32.2. The number of nitrogens with zero attached hydrogens (tertiary/aromatic N) is 3. The van der Waals surface area contributed by atoms with Gasteiger partial charge in [-0.3, -0.25) is 4.72 Å². The van der Waals surface area contributed by atoms with Gasteiger partial charge in [-0.1, -0.05) is 32.9 Å². The summed E-state index contributed by atoms with van der Waals surface area (Å²) in [7, 11) is -3.76. The fourth-order valence-electron chi connectivity index (χ4n) is 5.13. The van der Waals surface area contributed by atoms with Crippen LogP contribution in [0.2, 0.25) is 0 Å². The minimum absolute atomic E-state index is 0.104. The van der Waals surface area contributed by atoms with Gasteiger partial charge in [-0.25, -0.2) is 27.8 Å². The molecule has 0 spiro atoms. The van der Waals surface area contributed by atoms with Crippen LogP contribution in [0.15, 0.2) is 54.9 Å². The van der Waals surface area contributed by atoms with Crippen molar-refractivity contribution < 1.29 is 17.5 Å². The Morgan fingerprint density at radius 3 is 2.66 bits per heavy atom. The number of sulfonamides is 1. The van der Waals surface area contributed by atoms with Gasteiger partial charge in [-0.05, 0) is 67.6 Å². The number of benzene rings is 2. The van der Waals surface area contributed by atoms with Gasteiger partial charge in [0.2, 0.25) is 21.9 Å². The van der Waals surface area contributed by atoms with E-state index in [0.717, 1.165) is 25.1 Å². The smallest absolute Gasteiger partial charge is 0.233 e. The molecule has 9 nitrogen and oxygen atoms in total. The Balaban J connectivity index is 1.49. The molecule has 0 saturated carbocycles. The first kappa shape index (κ1) is 28.7. The molecule has 1 fully saturated rings. The molecule has 2 aromatic carbocycles. The van der Waals surface area contributed by atoms with Crippen molar-refractivity contribution in [2.45, 2.75) is 40.2 Å². The molecular formula is C30H35FN6O3S. The van der Waals surface area contributed by atoms with Crippen LogP contribution in [-0.4, -0.2) is 48.3 Å². The van der Waals surface area contributed by atoms with E-state index in [1.165, 1.54) is 6.07 Å². The molecule has 1 aliphatic rings. The Kier molecular flexibility index (Phi) is 8.37. The van der Waals surface area contributed by atoms with E-state index in [2.05, 4.69) is 32.2 Å².